The summed E-state index contributed by atoms with van der Waals surface area (Å²) < 4.78 is 34.1. The van der Waals surface area contributed by atoms with Crippen LogP contribution in [0.4, 0.5) is 14.5 Å². The van der Waals surface area contributed by atoms with Crippen molar-refractivity contribution in [3.05, 3.63) is 38.6 Å². The predicted molar refractivity (Wildman–Crippen MR) is 81.8 cm³/mol. The number of halogens is 3. The molecule has 1 fully saturated rings. The Kier molecular flexibility index (Phi) is 3.75. The molecule has 23 heavy (non-hydrogen) atoms. The number of nitrogen functional groups attached to an aromatic ring is 1. The molecule has 0 atom stereocenters. The topological polar surface area (TPSA) is 74.3 Å². The van der Waals surface area contributed by atoms with Crippen LogP contribution in [0, 0.1) is 11.6 Å². The molecule has 1 heterocycles. The van der Waals surface area contributed by atoms with Crippen LogP contribution in [-0.2, 0) is 4.74 Å². The van der Waals surface area contributed by atoms with Gasteiger partial charge in [-0.05, 0) is 19.8 Å². The van der Waals surface area contributed by atoms with Crippen LogP contribution in [0.1, 0.15) is 36.2 Å². The van der Waals surface area contributed by atoms with Gasteiger partial charge in [0.25, 0.3) is 0 Å². The first-order chi connectivity index (χ1) is 10.9. The molecule has 1 aromatic carbocycles. The van der Waals surface area contributed by atoms with E-state index < -0.39 is 33.7 Å². The number of benzene rings is 1. The van der Waals surface area contributed by atoms with Crippen molar-refractivity contribution in [2.75, 3.05) is 12.3 Å². The van der Waals surface area contributed by atoms with Crippen molar-refractivity contribution in [1.82, 2.24) is 4.57 Å². The summed E-state index contributed by atoms with van der Waals surface area (Å²) in [6.07, 6.45) is 2.83. The molecular formula is C15H13ClF2N2O3. The lowest BCUT2D eigenvalue weighted by molar-refractivity contribution is 0.0524. The summed E-state index contributed by atoms with van der Waals surface area (Å²) in [5.74, 6) is -3.55. The second-order valence-corrected chi connectivity index (χ2v) is 5.69. The summed E-state index contributed by atoms with van der Waals surface area (Å²) in [6, 6.07) is -0.0481. The van der Waals surface area contributed by atoms with Gasteiger partial charge >= 0.3 is 5.97 Å². The second-order valence-electron chi connectivity index (χ2n) is 5.31. The van der Waals surface area contributed by atoms with Crippen molar-refractivity contribution in [3.8, 4) is 0 Å². The maximum Gasteiger partial charge on any atom is 0.343 e. The van der Waals surface area contributed by atoms with Gasteiger partial charge < -0.3 is 15.0 Å². The Bertz CT molecular complexity index is 891. The first kappa shape index (κ1) is 15.7. The number of pyridine rings is 1. The van der Waals surface area contributed by atoms with Gasteiger partial charge in [-0.15, -0.1) is 0 Å². The maximum atomic E-state index is 13.9. The van der Waals surface area contributed by atoms with E-state index in [0.29, 0.717) is 0 Å². The molecule has 0 bridgehead atoms. The summed E-state index contributed by atoms with van der Waals surface area (Å²) in [4.78, 5) is 24.5. The molecule has 0 saturated heterocycles. The lowest BCUT2D eigenvalue weighted by Gasteiger charge is -2.16. The molecule has 0 amide bonds. The Balaban J connectivity index is 2.46. The van der Waals surface area contributed by atoms with Crippen LogP contribution >= 0.6 is 11.6 Å². The normalized spacial score (nSPS) is 14.3. The van der Waals surface area contributed by atoms with Crippen molar-refractivity contribution in [1.29, 1.82) is 0 Å². The van der Waals surface area contributed by atoms with Gasteiger partial charge in [-0.25, -0.2) is 13.6 Å². The zero-order valence-electron chi connectivity index (χ0n) is 12.2. The van der Waals surface area contributed by atoms with Crippen LogP contribution in [0.15, 0.2) is 11.0 Å². The highest BCUT2D eigenvalue weighted by molar-refractivity contribution is 6.35. The van der Waals surface area contributed by atoms with Gasteiger partial charge in [0, 0.05) is 12.2 Å². The number of rotatable bonds is 3. The molecule has 0 aliphatic heterocycles. The van der Waals surface area contributed by atoms with Gasteiger partial charge in [0.15, 0.2) is 11.6 Å². The number of anilines is 1. The first-order valence-electron chi connectivity index (χ1n) is 7.06. The van der Waals surface area contributed by atoms with Crippen molar-refractivity contribution in [2.24, 2.45) is 0 Å². The van der Waals surface area contributed by atoms with E-state index in [1.165, 1.54) is 10.8 Å². The van der Waals surface area contributed by atoms with Gasteiger partial charge in [0.1, 0.15) is 10.6 Å². The zero-order valence-corrected chi connectivity index (χ0v) is 12.9. The van der Waals surface area contributed by atoms with Crippen LogP contribution in [0.25, 0.3) is 10.9 Å². The van der Waals surface area contributed by atoms with Crippen LogP contribution in [0.5, 0.6) is 0 Å². The molecule has 1 aliphatic carbocycles. The minimum atomic E-state index is -1.40. The van der Waals surface area contributed by atoms with E-state index in [0.717, 1.165) is 12.8 Å². The van der Waals surface area contributed by atoms with E-state index in [9.17, 15) is 18.4 Å². The number of esters is 1. The van der Waals surface area contributed by atoms with Crippen molar-refractivity contribution in [3.63, 3.8) is 0 Å². The van der Waals surface area contributed by atoms with Crippen molar-refractivity contribution < 1.29 is 18.3 Å². The Morgan fingerprint density at radius 2 is 2.09 bits per heavy atom. The Labute approximate surface area is 134 Å². The Morgan fingerprint density at radius 1 is 1.43 bits per heavy atom. The molecule has 0 unspecified atom stereocenters. The monoisotopic (exact) mass is 342 g/mol. The highest BCUT2D eigenvalue weighted by Gasteiger charge is 2.31. The highest BCUT2D eigenvalue weighted by atomic mass is 35.5. The number of nitrogens with zero attached hydrogens (tertiary/aromatic N) is 1. The molecule has 5 nitrogen and oxygen atoms in total. The minimum absolute atomic E-state index is 0.00335. The number of aromatic nitrogens is 1. The second kappa shape index (κ2) is 5.49. The Morgan fingerprint density at radius 3 is 2.65 bits per heavy atom. The maximum absolute atomic E-state index is 13.9. The summed E-state index contributed by atoms with van der Waals surface area (Å²) in [5, 5.41) is -0.822. The van der Waals surface area contributed by atoms with Gasteiger partial charge in [-0.1, -0.05) is 11.6 Å². The van der Waals surface area contributed by atoms with Crippen molar-refractivity contribution >= 4 is 34.2 Å². The van der Waals surface area contributed by atoms with Crippen LogP contribution in [-0.4, -0.2) is 17.1 Å². The SMILES string of the molecule is CCOC(=O)c1cn(C2CC2)c2c(Cl)c(F)c(F)c(N)c2c1=O. The predicted octanol–water partition coefficient (Wildman–Crippen LogP) is 3.03. The molecule has 3 rings (SSSR count). The highest BCUT2D eigenvalue weighted by Crippen LogP contribution is 2.41. The quantitative estimate of drug-likeness (QED) is 0.528. The van der Waals surface area contributed by atoms with E-state index >= 15 is 0 Å². The third-order valence-electron chi connectivity index (χ3n) is 3.77. The smallest absolute Gasteiger partial charge is 0.343 e. The lowest BCUT2D eigenvalue weighted by atomic mass is 10.1. The van der Waals surface area contributed by atoms with Gasteiger partial charge in [-0.2, -0.15) is 0 Å². The molecule has 0 radical (unpaired) electrons. The number of nitrogens with two attached hydrogens (primary N) is 1. The third kappa shape index (κ3) is 2.35. The van der Waals surface area contributed by atoms with Gasteiger partial charge in [0.05, 0.1) is 23.2 Å². The van der Waals surface area contributed by atoms with E-state index in [1.807, 2.05) is 0 Å². The number of hydrogen-bond donors (Lipinski definition) is 1. The van der Waals surface area contributed by atoms with E-state index in [-0.39, 0.29) is 29.1 Å². The number of hydrogen-bond acceptors (Lipinski definition) is 4. The number of ether oxygens (including phenoxy) is 1. The van der Waals surface area contributed by atoms with Crippen molar-refractivity contribution in [2.45, 2.75) is 25.8 Å². The molecule has 1 saturated carbocycles. The molecule has 8 heteroatoms. The molecule has 122 valence electrons. The fourth-order valence-electron chi connectivity index (χ4n) is 2.53. The average molecular weight is 343 g/mol. The molecular weight excluding hydrogens is 330 g/mol. The van der Waals surface area contributed by atoms with E-state index in [2.05, 4.69) is 0 Å². The Hall–Kier alpha value is -2.15. The molecule has 2 aromatic rings. The molecule has 2 N–H and O–H groups in total. The first-order valence-corrected chi connectivity index (χ1v) is 7.44. The summed E-state index contributed by atoms with van der Waals surface area (Å²) in [7, 11) is 0. The number of carbonyl (C=O) groups is 1. The molecule has 1 aliphatic rings. The summed E-state index contributed by atoms with van der Waals surface area (Å²) in [6.45, 7) is 1.67. The standard InChI is InChI=1S/C15H13ClF2N2O3/c1-2-23-15(22)7-5-20(6-3-4-6)13-8(14(7)21)12(19)11(18)10(17)9(13)16/h5-6H,2-4,19H2,1H3. The zero-order chi connectivity index (χ0) is 16.9. The van der Waals surface area contributed by atoms with Gasteiger partial charge in [-0.3, -0.25) is 4.79 Å². The largest absolute Gasteiger partial charge is 0.462 e. The molecule has 0 spiro atoms. The molecule has 1 aromatic heterocycles. The number of fused-ring (bicyclic) bond motifs is 1. The fraction of sp³-hybridized carbons (Fsp3) is 0.333. The van der Waals surface area contributed by atoms with Crippen LogP contribution in [0.2, 0.25) is 5.02 Å². The van der Waals surface area contributed by atoms with Crippen LogP contribution in [0.3, 0.4) is 0 Å². The average Bonchev–Trinajstić information content (AvgIpc) is 3.35. The summed E-state index contributed by atoms with van der Waals surface area (Å²) in [5.41, 5.74) is 3.82. The fourth-order valence-corrected chi connectivity index (χ4v) is 2.80. The minimum Gasteiger partial charge on any atom is -0.462 e. The van der Waals surface area contributed by atoms with Crippen LogP contribution < -0.4 is 11.2 Å². The van der Waals surface area contributed by atoms with Gasteiger partial charge in [0.2, 0.25) is 5.43 Å². The summed E-state index contributed by atoms with van der Waals surface area (Å²) >= 11 is 5.90. The number of carbonyl (C=O) groups excluding carboxylic acids is 1. The van der Waals surface area contributed by atoms with E-state index in [1.54, 1.807) is 6.92 Å². The van der Waals surface area contributed by atoms with E-state index in [4.69, 9.17) is 22.1 Å². The third-order valence-corrected chi connectivity index (χ3v) is 4.11. The lowest BCUT2D eigenvalue weighted by Crippen LogP contribution is -2.22.